The van der Waals surface area contributed by atoms with Crippen LogP contribution in [0.15, 0.2) is 36.9 Å². The van der Waals surface area contributed by atoms with Crippen LogP contribution in [0, 0.1) is 0 Å². The highest BCUT2D eigenvalue weighted by molar-refractivity contribution is 5.27. The van der Waals surface area contributed by atoms with E-state index in [1.54, 1.807) is 18.2 Å². The van der Waals surface area contributed by atoms with E-state index >= 15 is 0 Å². The van der Waals surface area contributed by atoms with E-state index in [0.29, 0.717) is 6.42 Å². The zero-order valence-electron chi connectivity index (χ0n) is 8.58. The van der Waals surface area contributed by atoms with Crippen LogP contribution >= 0.6 is 0 Å². The Kier molecular flexibility index (Phi) is 3.58. The van der Waals surface area contributed by atoms with Crippen molar-refractivity contribution in [1.29, 1.82) is 0 Å². The molecule has 0 aliphatic carbocycles. The van der Waals surface area contributed by atoms with Gasteiger partial charge in [-0.3, -0.25) is 0 Å². The lowest BCUT2D eigenvalue weighted by Crippen LogP contribution is -2.27. The predicted molar refractivity (Wildman–Crippen MR) is 55.9 cm³/mol. The van der Waals surface area contributed by atoms with Crippen LogP contribution < -0.4 is 0 Å². The lowest BCUT2D eigenvalue weighted by atomic mass is 10.0. The number of hydrogen-bond acceptors (Lipinski definition) is 1. The van der Waals surface area contributed by atoms with E-state index in [1.165, 1.54) is 12.1 Å². The molecule has 1 atom stereocenters. The minimum absolute atomic E-state index is 0.162. The summed E-state index contributed by atoms with van der Waals surface area (Å²) in [4.78, 5) is 0. The number of allylic oxidation sites excluding steroid dienone is 1. The SMILES string of the molecule is C=CCc1ccc(C(F)(F)C(C)O)cc1. The summed E-state index contributed by atoms with van der Waals surface area (Å²) >= 11 is 0. The fourth-order valence-electron chi connectivity index (χ4n) is 1.27. The minimum Gasteiger partial charge on any atom is -0.387 e. The molecule has 0 heterocycles. The van der Waals surface area contributed by atoms with Gasteiger partial charge in [-0.2, -0.15) is 8.78 Å². The summed E-state index contributed by atoms with van der Waals surface area (Å²) in [6, 6.07) is 5.91. The van der Waals surface area contributed by atoms with Gasteiger partial charge in [-0.05, 0) is 18.9 Å². The van der Waals surface area contributed by atoms with Gasteiger partial charge >= 0.3 is 0 Å². The smallest absolute Gasteiger partial charge is 0.298 e. The molecular formula is C12H14F2O. The van der Waals surface area contributed by atoms with Gasteiger partial charge in [0.05, 0.1) is 0 Å². The lowest BCUT2D eigenvalue weighted by molar-refractivity contribution is -0.106. The largest absolute Gasteiger partial charge is 0.387 e. The summed E-state index contributed by atoms with van der Waals surface area (Å²) in [5.41, 5.74) is 0.764. The summed E-state index contributed by atoms with van der Waals surface area (Å²) in [6.07, 6.45) is 0.685. The molecule has 0 bridgehead atoms. The fourth-order valence-corrected chi connectivity index (χ4v) is 1.27. The third-order valence-corrected chi connectivity index (χ3v) is 2.24. The van der Waals surface area contributed by atoms with Crippen LogP contribution in [0.1, 0.15) is 18.1 Å². The number of benzene rings is 1. The summed E-state index contributed by atoms with van der Waals surface area (Å²) in [5.74, 6) is -3.19. The molecule has 0 saturated carbocycles. The molecule has 0 amide bonds. The number of hydrogen-bond donors (Lipinski definition) is 1. The predicted octanol–water partition coefficient (Wildman–Crippen LogP) is 2.89. The Morgan fingerprint density at radius 1 is 1.40 bits per heavy atom. The lowest BCUT2D eigenvalue weighted by Gasteiger charge is -2.19. The van der Waals surface area contributed by atoms with Crippen LogP contribution in [0.2, 0.25) is 0 Å². The first-order valence-electron chi connectivity index (χ1n) is 4.74. The molecule has 0 aliphatic rings. The van der Waals surface area contributed by atoms with Crippen LogP contribution in [0.4, 0.5) is 8.78 Å². The molecule has 15 heavy (non-hydrogen) atoms. The van der Waals surface area contributed by atoms with Gasteiger partial charge in [0.2, 0.25) is 0 Å². The van der Waals surface area contributed by atoms with E-state index in [0.717, 1.165) is 12.5 Å². The summed E-state index contributed by atoms with van der Waals surface area (Å²) < 4.78 is 26.7. The fraction of sp³-hybridized carbons (Fsp3) is 0.333. The standard InChI is InChI=1S/C12H14F2O/c1-3-4-10-5-7-11(8-6-10)12(13,14)9(2)15/h3,5-9,15H,1,4H2,2H3. The van der Waals surface area contributed by atoms with E-state index in [1.807, 2.05) is 0 Å². The topological polar surface area (TPSA) is 20.2 Å². The first-order chi connectivity index (χ1) is 6.98. The van der Waals surface area contributed by atoms with Gasteiger partial charge in [0.25, 0.3) is 5.92 Å². The maximum absolute atomic E-state index is 13.3. The molecule has 1 rings (SSSR count). The molecule has 0 aromatic heterocycles. The molecular weight excluding hydrogens is 198 g/mol. The van der Waals surface area contributed by atoms with E-state index in [-0.39, 0.29) is 5.56 Å². The van der Waals surface area contributed by atoms with Crippen molar-refractivity contribution in [3.8, 4) is 0 Å². The molecule has 0 spiro atoms. The van der Waals surface area contributed by atoms with E-state index in [4.69, 9.17) is 5.11 Å². The molecule has 1 N–H and O–H groups in total. The van der Waals surface area contributed by atoms with E-state index in [9.17, 15) is 8.78 Å². The molecule has 82 valence electrons. The monoisotopic (exact) mass is 212 g/mol. The maximum Gasteiger partial charge on any atom is 0.298 e. The van der Waals surface area contributed by atoms with Crippen molar-refractivity contribution in [3.05, 3.63) is 48.0 Å². The maximum atomic E-state index is 13.3. The molecule has 0 radical (unpaired) electrons. The first kappa shape index (κ1) is 11.9. The normalized spacial score (nSPS) is 13.6. The zero-order valence-corrected chi connectivity index (χ0v) is 8.58. The summed E-state index contributed by atoms with van der Waals surface area (Å²) in [6.45, 7) is 4.65. The second kappa shape index (κ2) is 4.53. The molecule has 1 aromatic carbocycles. The van der Waals surface area contributed by atoms with Crippen molar-refractivity contribution in [1.82, 2.24) is 0 Å². The average Bonchev–Trinajstić information content (AvgIpc) is 2.19. The number of aliphatic hydroxyl groups excluding tert-OH is 1. The van der Waals surface area contributed by atoms with Crippen LogP contribution in [0.3, 0.4) is 0 Å². The number of alkyl halides is 2. The Balaban J connectivity index is 2.93. The summed E-state index contributed by atoms with van der Waals surface area (Å²) in [5, 5.41) is 8.94. The van der Waals surface area contributed by atoms with Crippen molar-refractivity contribution in [2.75, 3.05) is 0 Å². The van der Waals surface area contributed by atoms with Crippen LogP contribution in [-0.4, -0.2) is 11.2 Å². The van der Waals surface area contributed by atoms with Crippen molar-refractivity contribution >= 4 is 0 Å². The van der Waals surface area contributed by atoms with Gasteiger partial charge in [0, 0.05) is 5.56 Å². The van der Waals surface area contributed by atoms with Crippen molar-refractivity contribution < 1.29 is 13.9 Å². The van der Waals surface area contributed by atoms with E-state index in [2.05, 4.69) is 6.58 Å². The Bertz CT molecular complexity index is 328. The summed E-state index contributed by atoms with van der Waals surface area (Å²) in [7, 11) is 0. The third kappa shape index (κ3) is 2.63. The Morgan fingerprint density at radius 2 is 1.93 bits per heavy atom. The Hall–Kier alpha value is -1.22. The molecule has 1 aromatic rings. The second-order valence-corrected chi connectivity index (χ2v) is 3.49. The molecule has 3 heteroatoms. The molecule has 0 saturated heterocycles. The first-order valence-corrected chi connectivity index (χ1v) is 4.74. The number of halogens is 2. The van der Waals surface area contributed by atoms with Gasteiger partial charge in [0.1, 0.15) is 6.10 Å². The van der Waals surface area contributed by atoms with Gasteiger partial charge in [-0.25, -0.2) is 0 Å². The highest BCUT2D eigenvalue weighted by atomic mass is 19.3. The van der Waals surface area contributed by atoms with Gasteiger partial charge in [0.15, 0.2) is 0 Å². The second-order valence-electron chi connectivity index (χ2n) is 3.49. The zero-order chi connectivity index (χ0) is 11.5. The van der Waals surface area contributed by atoms with Crippen LogP contribution in [-0.2, 0) is 12.3 Å². The van der Waals surface area contributed by atoms with Gasteiger partial charge in [-0.1, -0.05) is 30.3 Å². The van der Waals surface area contributed by atoms with Crippen molar-refractivity contribution in [2.45, 2.75) is 25.4 Å². The minimum atomic E-state index is -3.19. The van der Waals surface area contributed by atoms with Gasteiger partial charge in [-0.15, -0.1) is 6.58 Å². The number of rotatable bonds is 4. The third-order valence-electron chi connectivity index (χ3n) is 2.24. The van der Waals surface area contributed by atoms with E-state index < -0.39 is 12.0 Å². The average molecular weight is 212 g/mol. The molecule has 0 aliphatic heterocycles. The molecule has 1 nitrogen and oxygen atoms in total. The molecule has 1 unspecified atom stereocenters. The highest BCUT2D eigenvalue weighted by Crippen LogP contribution is 2.31. The van der Waals surface area contributed by atoms with Crippen LogP contribution in [0.5, 0.6) is 0 Å². The van der Waals surface area contributed by atoms with Gasteiger partial charge < -0.3 is 5.11 Å². The number of aliphatic hydroxyl groups is 1. The Morgan fingerprint density at radius 3 is 2.33 bits per heavy atom. The van der Waals surface area contributed by atoms with Crippen molar-refractivity contribution in [3.63, 3.8) is 0 Å². The quantitative estimate of drug-likeness (QED) is 0.761. The van der Waals surface area contributed by atoms with Crippen molar-refractivity contribution in [2.24, 2.45) is 0 Å². The van der Waals surface area contributed by atoms with Crippen LogP contribution in [0.25, 0.3) is 0 Å². The molecule has 0 fully saturated rings. The highest BCUT2D eigenvalue weighted by Gasteiger charge is 2.37. The Labute approximate surface area is 88.1 Å².